The van der Waals surface area contributed by atoms with Gasteiger partial charge < -0.3 is 5.32 Å². The van der Waals surface area contributed by atoms with Gasteiger partial charge in [-0.2, -0.15) is 5.10 Å². The molecule has 1 fully saturated rings. The van der Waals surface area contributed by atoms with Crippen molar-refractivity contribution in [2.45, 2.75) is 25.3 Å². The molecule has 1 aromatic heterocycles. The van der Waals surface area contributed by atoms with Gasteiger partial charge in [0.2, 0.25) is 5.96 Å². The number of rotatable bonds is 4. The number of hydrogen-bond donors (Lipinski definition) is 3. The van der Waals surface area contributed by atoms with E-state index in [2.05, 4.69) is 20.8 Å². The van der Waals surface area contributed by atoms with Crippen LogP contribution < -0.4 is 16.6 Å². The summed E-state index contributed by atoms with van der Waals surface area (Å²) in [5, 5.41) is 7.33. The number of hydrazine groups is 1. The molecule has 1 aliphatic rings. The first-order valence-electron chi connectivity index (χ1n) is 5.54. The van der Waals surface area contributed by atoms with Gasteiger partial charge in [0.05, 0.1) is 0 Å². The topological polar surface area (TPSA) is 80.3 Å². The number of aromatic nitrogens is 2. The summed E-state index contributed by atoms with van der Waals surface area (Å²) in [6, 6.07) is 2.56. The summed E-state index contributed by atoms with van der Waals surface area (Å²) >= 11 is 0. The molecule has 0 amide bonds. The lowest BCUT2D eigenvalue weighted by Crippen LogP contribution is -2.42. The highest BCUT2D eigenvalue weighted by molar-refractivity contribution is 5.79. The van der Waals surface area contributed by atoms with E-state index in [-0.39, 0.29) is 0 Å². The van der Waals surface area contributed by atoms with Crippen molar-refractivity contribution in [1.82, 2.24) is 20.5 Å². The molecule has 0 unspecified atom stereocenters. The maximum Gasteiger partial charge on any atom is 0.205 e. The summed E-state index contributed by atoms with van der Waals surface area (Å²) in [6.45, 7) is 0.707. The van der Waals surface area contributed by atoms with Crippen molar-refractivity contribution in [3.8, 4) is 0 Å². The van der Waals surface area contributed by atoms with Crippen LogP contribution in [0.3, 0.4) is 0 Å². The van der Waals surface area contributed by atoms with E-state index in [0.29, 0.717) is 18.5 Å². The summed E-state index contributed by atoms with van der Waals surface area (Å²) in [5.41, 5.74) is 3.76. The monoisotopic (exact) mass is 222 g/mol. The van der Waals surface area contributed by atoms with Gasteiger partial charge in [0.15, 0.2) is 0 Å². The lowest BCUT2D eigenvalue weighted by atomic mass is 10.3. The first-order valence-corrected chi connectivity index (χ1v) is 5.54. The molecule has 1 aliphatic carbocycles. The molecule has 16 heavy (non-hydrogen) atoms. The van der Waals surface area contributed by atoms with Gasteiger partial charge in [0.25, 0.3) is 0 Å². The van der Waals surface area contributed by atoms with Crippen molar-refractivity contribution in [2.24, 2.45) is 17.9 Å². The Bertz CT molecular complexity index is 365. The minimum Gasteiger partial charge on any atom is -0.353 e. The molecule has 1 heterocycles. The first-order chi connectivity index (χ1) is 7.79. The maximum absolute atomic E-state index is 5.38. The molecule has 0 saturated heterocycles. The Morgan fingerprint density at radius 2 is 2.50 bits per heavy atom. The van der Waals surface area contributed by atoms with Gasteiger partial charge in [-0.05, 0) is 18.9 Å². The third kappa shape index (κ3) is 2.96. The number of nitrogens with zero attached hydrogens (tertiary/aromatic N) is 3. The predicted molar refractivity (Wildman–Crippen MR) is 62.7 cm³/mol. The number of guanidine groups is 1. The molecule has 0 radical (unpaired) electrons. The smallest absolute Gasteiger partial charge is 0.205 e. The number of nitrogens with two attached hydrogens (primary N) is 1. The average molecular weight is 222 g/mol. The highest BCUT2D eigenvalue weighted by Crippen LogP contribution is 2.18. The van der Waals surface area contributed by atoms with Gasteiger partial charge in [0.1, 0.15) is 0 Å². The van der Waals surface area contributed by atoms with Gasteiger partial charge in [-0.1, -0.05) is 0 Å². The van der Waals surface area contributed by atoms with Crippen LogP contribution in [0.2, 0.25) is 0 Å². The Kier molecular flexibility index (Phi) is 3.40. The molecular formula is C10H18N6. The SMILES string of the molecule is Cn1nccc1CCN=C(NN)NC1CC1. The number of hydrogen-bond acceptors (Lipinski definition) is 3. The zero-order valence-electron chi connectivity index (χ0n) is 9.48. The van der Waals surface area contributed by atoms with Crippen molar-refractivity contribution in [2.75, 3.05) is 6.54 Å². The molecule has 0 bridgehead atoms. The number of nitrogens with one attached hydrogen (secondary N) is 2. The van der Waals surface area contributed by atoms with Crippen molar-refractivity contribution >= 4 is 5.96 Å². The molecule has 88 valence electrons. The minimum atomic E-state index is 0.562. The van der Waals surface area contributed by atoms with Crippen LogP contribution in [-0.4, -0.2) is 28.3 Å². The third-order valence-corrected chi connectivity index (χ3v) is 2.62. The van der Waals surface area contributed by atoms with E-state index < -0.39 is 0 Å². The largest absolute Gasteiger partial charge is 0.353 e. The fraction of sp³-hybridized carbons (Fsp3) is 0.600. The second kappa shape index (κ2) is 4.98. The van der Waals surface area contributed by atoms with Crippen molar-refractivity contribution in [3.63, 3.8) is 0 Å². The van der Waals surface area contributed by atoms with E-state index in [9.17, 15) is 0 Å². The van der Waals surface area contributed by atoms with E-state index in [1.54, 1.807) is 6.20 Å². The van der Waals surface area contributed by atoms with E-state index >= 15 is 0 Å². The van der Waals surface area contributed by atoms with Crippen LogP contribution in [-0.2, 0) is 13.5 Å². The maximum atomic E-state index is 5.38. The van der Waals surface area contributed by atoms with Gasteiger partial charge in [-0.3, -0.25) is 15.1 Å². The first kappa shape index (κ1) is 10.9. The molecular weight excluding hydrogens is 204 g/mol. The van der Waals surface area contributed by atoms with Crippen molar-refractivity contribution < 1.29 is 0 Å². The second-order valence-corrected chi connectivity index (χ2v) is 3.99. The van der Waals surface area contributed by atoms with E-state index in [1.165, 1.54) is 18.5 Å². The Balaban J connectivity index is 1.80. The van der Waals surface area contributed by atoms with Crippen LogP contribution in [0.15, 0.2) is 17.3 Å². The Morgan fingerprint density at radius 3 is 3.06 bits per heavy atom. The normalized spacial score (nSPS) is 16.2. The molecule has 2 rings (SSSR count). The molecule has 4 N–H and O–H groups in total. The average Bonchev–Trinajstić information content (AvgIpc) is 3.01. The summed E-state index contributed by atoms with van der Waals surface area (Å²) < 4.78 is 1.86. The summed E-state index contributed by atoms with van der Waals surface area (Å²) in [6.07, 6.45) is 5.09. The van der Waals surface area contributed by atoms with Crippen LogP contribution in [0, 0.1) is 0 Å². The summed E-state index contributed by atoms with van der Waals surface area (Å²) in [4.78, 5) is 4.37. The fourth-order valence-corrected chi connectivity index (χ4v) is 1.48. The fourth-order valence-electron chi connectivity index (χ4n) is 1.48. The zero-order valence-corrected chi connectivity index (χ0v) is 9.48. The third-order valence-electron chi connectivity index (χ3n) is 2.62. The van der Waals surface area contributed by atoms with Gasteiger partial charge >= 0.3 is 0 Å². The Morgan fingerprint density at radius 1 is 1.69 bits per heavy atom. The van der Waals surface area contributed by atoms with E-state index in [1.807, 2.05) is 17.8 Å². The molecule has 6 nitrogen and oxygen atoms in total. The number of aryl methyl sites for hydroxylation is 1. The summed E-state index contributed by atoms with van der Waals surface area (Å²) in [7, 11) is 1.93. The summed E-state index contributed by atoms with van der Waals surface area (Å²) in [5.74, 6) is 6.06. The molecule has 1 saturated carbocycles. The molecule has 0 atom stereocenters. The van der Waals surface area contributed by atoms with Crippen LogP contribution in [0.1, 0.15) is 18.5 Å². The van der Waals surface area contributed by atoms with Gasteiger partial charge in [-0.15, -0.1) is 0 Å². The molecule has 6 heteroatoms. The second-order valence-electron chi connectivity index (χ2n) is 3.99. The lowest BCUT2D eigenvalue weighted by molar-refractivity contribution is 0.704. The van der Waals surface area contributed by atoms with Gasteiger partial charge in [0, 0.05) is 37.9 Å². The lowest BCUT2D eigenvalue weighted by Gasteiger charge is -2.07. The van der Waals surface area contributed by atoms with Crippen LogP contribution in [0.25, 0.3) is 0 Å². The van der Waals surface area contributed by atoms with Crippen molar-refractivity contribution in [1.29, 1.82) is 0 Å². The predicted octanol–water partition coefficient (Wildman–Crippen LogP) is -0.466. The molecule has 0 spiro atoms. The Hall–Kier alpha value is -1.56. The minimum absolute atomic E-state index is 0.562. The van der Waals surface area contributed by atoms with Crippen LogP contribution >= 0.6 is 0 Å². The highest BCUT2D eigenvalue weighted by Gasteiger charge is 2.21. The highest BCUT2D eigenvalue weighted by atomic mass is 15.3. The van der Waals surface area contributed by atoms with E-state index in [4.69, 9.17) is 5.84 Å². The molecule has 0 aromatic carbocycles. The van der Waals surface area contributed by atoms with E-state index in [0.717, 1.165) is 6.42 Å². The van der Waals surface area contributed by atoms with Gasteiger partial charge in [-0.25, -0.2) is 5.84 Å². The Labute approximate surface area is 94.9 Å². The molecule has 1 aromatic rings. The zero-order chi connectivity index (χ0) is 11.4. The quantitative estimate of drug-likeness (QED) is 0.278. The van der Waals surface area contributed by atoms with Crippen LogP contribution in [0.5, 0.6) is 0 Å². The van der Waals surface area contributed by atoms with Crippen LogP contribution in [0.4, 0.5) is 0 Å². The number of aliphatic imine (C=N–C) groups is 1. The standard InChI is InChI=1S/C10H18N6/c1-16-9(5-7-13-16)4-6-12-10(15-11)14-8-2-3-8/h5,7-8H,2-4,6,11H2,1H3,(H2,12,14,15). The molecule has 0 aliphatic heterocycles. The van der Waals surface area contributed by atoms with Crippen molar-refractivity contribution in [3.05, 3.63) is 18.0 Å².